The van der Waals surface area contributed by atoms with Gasteiger partial charge in [-0.1, -0.05) is 18.2 Å². The second-order valence-corrected chi connectivity index (χ2v) is 7.13. The number of aromatic amines is 2. The fraction of sp³-hybridized carbons (Fsp3) is 0.238. The van der Waals surface area contributed by atoms with Crippen LogP contribution in [0.5, 0.6) is 0 Å². The molecule has 0 spiro atoms. The summed E-state index contributed by atoms with van der Waals surface area (Å²) in [5.74, 6) is -2.05. The number of benzene rings is 1. The Labute approximate surface area is 185 Å². The fourth-order valence-corrected chi connectivity index (χ4v) is 2.99. The summed E-state index contributed by atoms with van der Waals surface area (Å²) in [5.41, 5.74) is 2.35. The van der Waals surface area contributed by atoms with Crippen molar-refractivity contribution < 1.29 is 27.9 Å². The van der Waals surface area contributed by atoms with Gasteiger partial charge in [0.05, 0.1) is 5.39 Å². The third-order valence-corrected chi connectivity index (χ3v) is 4.62. The van der Waals surface area contributed by atoms with Gasteiger partial charge in [-0.25, -0.2) is 14.8 Å². The molecule has 4 aromatic rings. The zero-order valence-electron chi connectivity index (χ0n) is 17.4. The Morgan fingerprint density at radius 1 is 1.18 bits per heavy atom. The van der Waals surface area contributed by atoms with Crippen LogP contribution in [0.1, 0.15) is 23.8 Å². The first-order chi connectivity index (χ1) is 15.6. The molecular formula is C21H21F3N6O3. The summed E-state index contributed by atoms with van der Waals surface area (Å²) in [6, 6.07) is 11.7. The number of nitrogens with one attached hydrogen (secondary N) is 4. The van der Waals surface area contributed by atoms with Crippen molar-refractivity contribution in [1.29, 1.82) is 0 Å². The van der Waals surface area contributed by atoms with Crippen LogP contribution in [0.25, 0.3) is 21.9 Å². The van der Waals surface area contributed by atoms with Crippen molar-refractivity contribution in [3.05, 3.63) is 54.6 Å². The second kappa shape index (κ2) is 10.0. The van der Waals surface area contributed by atoms with E-state index in [0.717, 1.165) is 34.2 Å². The van der Waals surface area contributed by atoms with Crippen LogP contribution >= 0.6 is 0 Å². The standard InChI is InChI=1S/C19H20N6O.C2HF3O2/c1-12(6-8-20-17-14-7-9-21-18(14)23-11-22-17)24-19(26)16-10-13-4-2-3-5-15(13)25-16;3-2(4,5)1(6)7/h2-5,7,9-12,25H,6,8H2,1H3,(H,24,26)(H2,20,21,22,23);(H,6,7)/t12-;/m0./s1. The first-order valence-electron chi connectivity index (χ1n) is 9.86. The quantitative estimate of drug-likeness (QED) is 0.297. The number of carbonyl (C=O) groups excluding carboxylic acids is 1. The zero-order valence-corrected chi connectivity index (χ0v) is 17.4. The maximum atomic E-state index is 12.4. The molecule has 0 radical (unpaired) electrons. The lowest BCUT2D eigenvalue weighted by Gasteiger charge is -2.14. The lowest BCUT2D eigenvalue weighted by atomic mass is 10.2. The van der Waals surface area contributed by atoms with E-state index in [-0.39, 0.29) is 11.9 Å². The topological polar surface area (TPSA) is 136 Å². The van der Waals surface area contributed by atoms with Gasteiger partial charge >= 0.3 is 12.1 Å². The minimum atomic E-state index is -5.08. The van der Waals surface area contributed by atoms with E-state index in [1.54, 1.807) is 0 Å². The van der Waals surface area contributed by atoms with Crippen LogP contribution in [0.4, 0.5) is 19.0 Å². The summed E-state index contributed by atoms with van der Waals surface area (Å²) in [4.78, 5) is 36.0. The van der Waals surface area contributed by atoms with Crippen molar-refractivity contribution in [3.63, 3.8) is 0 Å². The van der Waals surface area contributed by atoms with Gasteiger partial charge in [0.15, 0.2) is 0 Å². The molecule has 0 aliphatic heterocycles. The zero-order chi connectivity index (χ0) is 24.0. The van der Waals surface area contributed by atoms with Crippen LogP contribution in [0.2, 0.25) is 0 Å². The Bertz CT molecular complexity index is 1220. The number of hydrogen-bond donors (Lipinski definition) is 5. The first kappa shape index (κ1) is 23.6. The van der Waals surface area contributed by atoms with E-state index in [9.17, 15) is 18.0 Å². The minimum absolute atomic E-state index is 0.0324. The molecule has 5 N–H and O–H groups in total. The number of anilines is 1. The van der Waals surface area contributed by atoms with E-state index in [1.165, 1.54) is 6.33 Å². The lowest BCUT2D eigenvalue weighted by Crippen LogP contribution is -2.34. The number of carbonyl (C=O) groups is 2. The molecule has 0 fully saturated rings. The number of amides is 1. The SMILES string of the molecule is C[C@@H](CCNc1ncnc2[nH]ccc12)NC(=O)c1cc2ccccc2[nH]1.O=C(O)C(F)(F)F. The van der Waals surface area contributed by atoms with E-state index in [0.29, 0.717) is 12.2 Å². The molecule has 0 saturated heterocycles. The Balaban J connectivity index is 0.000000383. The highest BCUT2D eigenvalue weighted by molar-refractivity contribution is 5.98. The fourth-order valence-electron chi connectivity index (χ4n) is 2.99. The van der Waals surface area contributed by atoms with Gasteiger partial charge in [0.1, 0.15) is 23.5 Å². The summed E-state index contributed by atoms with van der Waals surface area (Å²) < 4.78 is 31.7. The maximum absolute atomic E-state index is 12.4. The molecule has 9 nitrogen and oxygen atoms in total. The normalized spacial score (nSPS) is 12.1. The number of alkyl halides is 3. The molecule has 4 rings (SSSR count). The second-order valence-electron chi connectivity index (χ2n) is 7.13. The third-order valence-electron chi connectivity index (χ3n) is 4.62. The highest BCUT2D eigenvalue weighted by atomic mass is 19.4. The van der Waals surface area contributed by atoms with Gasteiger partial charge < -0.3 is 25.7 Å². The number of rotatable bonds is 6. The van der Waals surface area contributed by atoms with Gasteiger partial charge in [-0.05, 0) is 31.5 Å². The number of nitrogens with zero attached hydrogens (tertiary/aromatic N) is 2. The van der Waals surface area contributed by atoms with E-state index in [2.05, 4.69) is 30.6 Å². The molecule has 3 heterocycles. The monoisotopic (exact) mass is 462 g/mol. The van der Waals surface area contributed by atoms with Crippen molar-refractivity contribution in [2.45, 2.75) is 25.6 Å². The summed E-state index contributed by atoms with van der Waals surface area (Å²) in [5, 5.41) is 15.5. The Hall–Kier alpha value is -4.09. The molecular weight excluding hydrogens is 441 g/mol. The van der Waals surface area contributed by atoms with Crippen LogP contribution in [0, 0.1) is 0 Å². The molecule has 1 amide bonds. The van der Waals surface area contributed by atoms with E-state index in [1.807, 2.05) is 49.5 Å². The average molecular weight is 462 g/mol. The van der Waals surface area contributed by atoms with Crippen molar-refractivity contribution in [1.82, 2.24) is 25.3 Å². The molecule has 33 heavy (non-hydrogen) atoms. The molecule has 12 heteroatoms. The van der Waals surface area contributed by atoms with E-state index >= 15 is 0 Å². The van der Waals surface area contributed by atoms with Gasteiger partial charge in [-0.2, -0.15) is 13.2 Å². The Morgan fingerprint density at radius 3 is 2.61 bits per heavy atom. The summed E-state index contributed by atoms with van der Waals surface area (Å²) in [7, 11) is 0. The number of fused-ring (bicyclic) bond motifs is 2. The number of carboxylic acid groups (broad SMARTS) is 1. The van der Waals surface area contributed by atoms with Crippen molar-refractivity contribution >= 4 is 39.6 Å². The number of H-pyrrole nitrogens is 2. The molecule has 174 valence electrons. The van der Waals surface area contributed by atoms with Crippen LogP contribution in [-0.2, 0) is 4.79 Å². The molecule has 3 aromatic heterocycles. The van der Waals surface area contributed by atoms with Gasteiger partial charge in [-0.15, -0.1) is 0 Å². The third kappa shape index (κ3) is 6.21. The number of halogens is 3. The minimum Gasteiger partial charge on any atom is -0.475 e. The van der Waals surface area contributed by atoms with Gasteiger partial charge in [-0.3, -0.25) is 4.79 Å². The summed E-state index contributed by atoms with van der Waals surface area (Å²) in [6.45, 7) is 2.69. The number of hydrogen-bond acceptors (Lipinski definition) is 5. The smallest absolute Gasteiger partial charge is 0.475 e. The molecule has 0 aliphatic carbocycles. The first-order valence-corrected chi connectivity index (χ1v) is 9.86. The number of aliphatic carboxylic acids is 1. The van der Waals surface area contributed by atoms with Crippen LogP contribution in [-0.4, -0.2) is 55.7 Å². The predicted octanol–water partition coefficient (Wildman–Crippen LogP) is 3.69. The molecule has 1 aromatic carbocycles. The van der Waals surface area contributed by atoms with E-state index < -0.39 is 12.1 Å². The molecule has 0 aliphatic rings. The maximum Gasteiger partial charge on any atom is 0.490 e. The van der Waals surface area contributed by atoms with Gasteiger partial charge in [0, 0.05) is 29.7 Å². The number of carboxylic acids is 1. The molecule has 0 bridgehead atoms. The van der Waals surface area contributed by atoms with Gasteiger partial charge in [0.2, 0.25) is 0 Å². The average Bonchev–Trinajstić information content (AvgIpc) is 3.41. The predicted molar refractivity (Wildman–Crippen MR) is 116 cm³/mol. The van der Waals surface area contributed by atoms with Crippen molar-refractivity contribution in [3.8, 4) is 0 Å². The highest BCUT2D eigenvalue weighted by Gasteiger charge is 2.38. The van der Waals surface area contributed by atoms with Crippen molar-refractivity contribution in [2.75, 3.05) is 11.9 Å². The summed E-state index contributed by atoms with van der Waals surface area (Å²) in [6.07, 6.45) is -0.933. The Kier molecular flexibility index (Phi) is 7.16. The van der Waals surface area contributed by atoms with Gasteiger partial charge in [0.25, 0.3) is 5.91 Å². The largest absolute Gasteiger partial charge is 0.490 e. The van der Waals surface area contributed by atoms with Crippen LogP contribution in [0.15, 0.2) is 48.9 Å². The Morgan fingerprint density at radius 2 is 1.91 bits per heavy atom. The molecule has 1 atom stereocenters. The summed E-state index contributed by atoms with van der Waals surface area (Å²) >= 11 is 0. The molecule has 0 saturated carbocycles. The number of para-hydroxylation sites is 1. The molecule has 0 unspecified atom stereocenters. The van der Waals surface area contributed by atoms with E-state index in [4.69, 9.17) is 9.90 Å². The van der Waals surface area contributed by atoms with Crippen LogP contribution < -0.4 is 10.6 Å². The number of aromatic nitrogens is 4. The van der Waals surface area contributed by atoms with Crippen LogP contribution in [0.3, 0.4) is 0 Å². The highest BCUT2D eigenvalue weighted by Crippen LogP contribution is 2.18. The lowest BCUT2D eigenvalue weighted by molar-refractivity contribution is -0.192. The van der Waals surface area contributed by atoms with Crippen molar-refractivity contribution in [2.24, 2.45) is 0 Å².